The van der Waals surface area contributed by atoms with Gasteiger partial charge < -0.3 is 24.8 Å². The van der Waals surface area contributed by atoms with E-state index in [1.54, 1.807) is 28.5 Å². The minimum atomic E-state index is -0.122. The first-order chi connectivity index (χ1) is 13.3. The molecule has 0 aromatic heterocycles. The summed E-state index contributed by atoms with van der Waals surface area (Å²) in [5.74, 6) is 0. The minimum absolute atomic E-state index is 0. The van der Waals surface area contributed by atoms with Gasteiger partial charge >= 0.3 is 70.8 Å². The number of hydrogen-bond donors (Lipinski definition) is 0. The molecule has 0 N–H and O–H groups in total. The van der Waals surface area contributed by atoms with Crippen LogP contribution in [0.15, 0.2) is 64.8 Å². The molecular weight excluding hydrogens is 515 g/mol. The zero-order valence-electron chi connectivity index (χ0n) is 20.7. The molecular formula is C27H38Cl2SiZr-2. The molecule has 31 heavy (non-hydrogen) atoms. The molecule has 4 heteroatoms. The Hall–Kier alpha value is -0.140. The van der Waals surface area contributed by atoms with Gasteiger partial charge in [0, 0.05) is 0 Å². The molecule has 0 aliphatic heterocycles. The van der Waals surface area contributed by atoms with Gasteiger partial charge in [0.05, 0.1) is 0 Å². The number of hydrogen-bond acceptors (Lipinski definition) is 0. The Morgan fingerprint density at radius 3 is 1.26 bits per heavy atom. The van der Waals surface area contributed by atoms with Gasteiger partial charge in [-0.3, -0.25) is 12.2 Å². The molecule has 170 valence electrons. The number of halogens is 2. The Bertz CT molecular complexity index is 771. The molecule has 3 rings (SSSR count). The maximum Gasteiger partial charge on any atom is -1.00 e. The molecule has 0 unspecified atom stereocenters. The first-order valence-electron chi connectivity index (χ1n) is 10.5. The summed E-state index contributed by atoms with van der Waals surface area (Å²) in [7, 11) is 0. The summed E-state index contributed by atoms with van der Waals surface area (Å²) in [6.07, 6.45) is 13.2. The molecule has 2 aliphatic carbocycles. The van der Waals surface area contributed by atoms with Gasteiger partial charge in [-0.15, -0.1) is 12.8 Å². The van der Waals surface area contributed by atoms with Gasteiger partial charge in [-0.25, -0.2) is 23.3 Å². The number of rotatable bonds is 1. The van der Waals surface area contributed by atoms with E-state index in [0.717, 1.165) is 12.8 Å². The molecule has 1 aromatic carbocycles. The van der Waals surface area contributed by atoms with Crippen molar-refractivity contribution in [3.63, 3.8) is 0 Å². The third kappa shape index (κ3) is 13.2. The van der Waals surface area contributed by atoms with E-state index in [0.29, 0.717) is 10.8 Å². The van der Waals surface area contributed by atoms with Crippen LogP contribution in [0, 0.1) is 23.0 Å². The molecule has 0 radical (unpaired) electrons. The average molecular weight is 553 g/mol. The standard InChI is InChI=1S/2C10H15.C7H8Si.2ClH.Zr/c2*1-8-5-6-9(7-8)10(2,3)4;1-8-7-5-3-2-4-6-7;;;/h2*7H,6H2,1-4H3;2-6H,1H3;2*1H;/q2*-1;;;;+2/p-2. The summed E-state index contributed by atoms with van der Waals surface area (Å²) in [5.41, 5.74) is 6.16. The van der Waals surface area contributed by atoms with E-state index in [9.17, 15) is 0 Å². The summed E-state index contributed by atoms with van der Waals surface area (Å²) in [4.78, 5) is 0. The van der Waals surface area contributed by atoms with Crippen LogP contribution in [0.2, 0.25) is 6.55 Å². The van der Waals surface area contributed by atoms with E-state index in [-0.39, 0.29) is 30.2 Å². The van der Waals surface area contributed by atoms with E-state index < -0.39 is 0 Å². The fourth-order valence-corrected chi connectivity index (χ4v) is 4.77. The smallest absolute Gasteiger partial charge is 1.00 e. The average Bonchev–Trinajstić information content (AvgIpc) is 3.25. The Morgan fingerprint density at radius 2 is 1.10 bits per heavy atom. The molecule has 0 saturated heterocycles. The first-order valence-corrected chi connectivity index (χ1v) is 16.2. The second-order valence-electron chi connectivity index (χ2n) is 9.90. The third-order valence-corrected chi connectivity index (χ3v) is 8.36. The van der Waals surface area contributed by atoms with Crippen LogP contribution >= 0.6 is 0 Å². The van der Waals surface area contributed by atoms with Crippen LogP contribution in [0.1, 0.15) is 68.2 Å². The van der Waals surface area contributed by atoms with Crippen molar-refractivity contribution in [2.24, 2.45) is 10.8 Å². The fourth-order valence-electron chi connectivity index (χ4n) is 2.85. The van der Waals surface area contributed by atoms with Gasteiger partial charge in [0.2, 0.25) is 0 Å². The third-order valence-electron chi connectivity index (χ3n) is 5.03. The number of allylic oxidation sites excluding steroid dienone is 8. The van der Waals surface area contributed by atoms with Crippen LogP contribution in [-0.2, 0) is 23.3 Å². The van der Waals surface area contributed by atoms with Crippen LogP contribution in [0.5, 0.6) is 0 Å². The van der Waals surface area contributed by atoms with Crippen LogP contribution in [-0.4, -0.2) is 5.43 Å². The predicted octanol–water partition coefficient (Wildman–Crippen LogP) is 1.29. The summed E-state index contributed by atoms with van der Waals surface area (Å²) >= 11 is 1.69. The molecule has 0 fully saturated rings. The summed E-state index contributed by atoms with van der Waals surface area (Å²) in [5, 5.41) is 1.56. The van der Waals surface area contributed by atoms with Gasteiger partial charge in [0.1, 0.15) is 0 Å². The molecule has 0 heterocycles. The van der Waals surface area contributed by atoms with Gasteiger partial charge in [0.15, 0.2) is 0 Å². The van der Waals surface area contributed by atoms with Crippen molar-refractivity contribution in [1.82, 2.24) is 0 Å². The Morgan fingerprint density at radius 1 is 0.742 bits per heavy atom. The van der Waals surface area contributed by atoms with Crippen LogP contribution in [0.4, 0.5) is 0 Å². The zero-order chi connectivity index (χ0) is 22.2. The van der Waals surface area contributed by atoms with Crippen molar-refractivity contribution in [1.29, 1.82) is 0 Å². The van der Waals surface area contributed by atoms with Crippen molar-refractivity contribution in [2.45, 2.75) is 74.8 Å². The quantitative estimate of drug-likeness (QED) is 0.364. The summed E-state index contributed by atoms with van der Waals surface area (Å²) in [6.45, 7) is 20.1. The van der Waals surface area contributed by atoms with Crippen molar-refractivity contribution in [3.05, 3.63) is 76.9 Å². The predicted molar refractivity (Wildman–Crippen MR) is 127 cm³/mol. The van der Waals surface area contributed by atoms with Crippen molar-refractivity contribution < 1.29 is 48.1 Å². The molecule has 0 amide bonds. The first kappa shape index (κ1) is 33.0. The molecule has 0 saturated carbocycles. The van der Waals surface area contributed by atoms with Crippen molar-refractivity contribution in [3.8, 4) is 0 Å². The van der Waals surface area contributed by atoms with Crippen molar-refractivity contribution >= 4 is 10.6 Å². The molecule has 0 bridgehead atoms. The van der Waals surface area contributed by atoms with Crippen molar-refractivity contribution in [2.75, 3.05) is 0 Å². The second-order valence-corrected chi connectivity index (χ2v) is 17.3. The molecule has 0 spiro atoms. The molecule has 0 atom stereocenters. The summed E-state index contributed by atoms with van der Waals surface area (Å²) in [6, 6.07) is 10.8. The normalized spacial score (nSPS) is 14.8. The van der Waals surface area contributed by atoms with E-state index in [4.69, 9.17) is 0 Å². The molecule has 0 nitrogen and oxygen atoms in total. The molecule has 2 aliphatic rings. The molecule has 1 aromatic rings. The summed E-state index contributed by atoms with van der Waals surface area (Å²) < 4.78 is 0. The van der Waals surface area contributed by atoms with Gasteiger partial charge in [-0.1, -0.05) is 55.4 Å². The van der Waals surface area contributed by atoms with E-state index in [1.807, 2.05) is 0 Å². The largest absolute Gasteiger partial charge is 1.00 e. The number of benzene rings is 1. The minimum Gasteiger partial charge on any atom is -1.00 e. The second kappa shape index (κ2) is 14.9. The van der Waals surface area contributed by atoms with Gasteiger partial charge in [0.25, 0.3) is 0 Å². The van der Waals surface area contributed by atoms with Gasteiger partial charge in [-0.2, -0.15) is 11.1 Å². The van der Waals surface area contributed by atoms with Crippen LogP contribution in [0.3, 0.4) is 0 Å². The zero-order valence-corrected chi connectivity index (χ0v) is 25.7. The van der Waals surface area contributed by atoms with E-state index in [1.165, 1.54) is 22.3 Å². The van der Waals surface area contributed by atoms with Crippen LogP contribution < -0.4 is 30.0 Å². The SMILES string of the molecule is CC1=[C-]CC(C(C)(C)C)=C1.CC1=[C-]CC(C(C)(C)C)=C1.C[Si](=[Zr+2])c1ccccc1.[Cl-].[Cl-]. The topological polar surface area (TPSA) is 0 Å². The maximum absolute atomic E-state index is 3.30. The Kier molecular flexibility index (Phi) is 15.9. The maximum atomic E-state index is 3.30. The Balaban J connectivity index is 0. The van der Waals surface area contributed by atoms with E-state index in [2.05, 4.69) is 117 Å². The van der Waals surface area contributed by atoms with Gasteiger partial charge in [-0.05, 0) is 10.8 Å². The monoisotopic (exact) mass is 550 g/mol. The van der Waals surface area contributed by atoms with E-state index >= 15 is 0 Å². The van der Waals surface area contributed by atoms with Crippen LogP contribution in [0.25, 0.3) is 0 Å². The Labute approximate surface area is 220 Å². The fraction of sp³-hybridized carbons (Fsp3) is 0.481.